The first-order chi connectivity index (χ1) is 17.7. The van der Waals surface area contributed by atoms with Gasteiger partial charge in [-0.2, -0.15) is 0 Å². The van der Waals surface area contributed by atoms with Crippen LogP contribution in [0.15, 0.2) is 82.5 Å². The maximum atomic E-state index is 14.3. The van der Waals surface area contributed by atoms with E-state index in [2.05, 4.69) is 11.7 Å². The summed E-state index contributed by atoms with van der Waals surface area (Å²) >= 11 is 0. The summed E-state index contributed by atoms with van der Waals surface area (Å²) in [5, 5.41) is 0. The summed E-state index contributed by atoms with van der Waals surface area (Å²) in [4.78, 5) is 58.6. The molecule has 0 bridgehead atoms. The first kappa shape index (κ1) is 26.9. The molecule has 0 saturated carbocycles. The Balaban J connectivity index is 2.44. The van der Waals surface area contributed by atoms with Crippen molar-refractivity contribution >= 4 is 36.2 Å². The number of hydrogen-bond donors (Lipinski definition) is 2. The average Bonchev–Trinajstić information content (AvgIpc) is 3.14. The minimum Gasteiger partial charge on any atom is -0.462 e. The highest BCUT2D eigenvalue weighted by Crippen LogP contribution is 2.46. The fraction of sp³-hybridized carbons (Fsp3) is 0.222. The number of primary amides is 1. The maximum Gasteiger partial charge on any atom is 0.354 e. The van der Waals surface area contributed by atoms with Crippen molar-refractivity contribution in [2.45, 2.75) is 25.9 Å². The predicted octanol–water partition coefficient (Wildman–Crippen LogP) is 1.70. The standard InChI is InChI=1S/C27H28N4O6/c1-4-36-24(33)19(21(28)25(34)37-5-2)27(30-3)20(23(29)32)22(18-14-10-7-11-15-18)31(26(27)35)16-17-12-8-6-9-13-17/h6-15H,3-5,16,28H2,1-2H3,(H2,29,32)/b21-19-. The van der Waals surface area contributed by atoms with Crippen LogP contribution in [0.1, 0.15) is 25.0 Å². The number of hydrogen-bond acceptors (Lipinski definition) is 8. The minimum atomic E-state index is -2.46. The van der Waals surface area contributed by atoms with Gasteiger partial charge in [0.05, 0.1) is 31.0 Å². The quantitative estimate of drug-likeness (QED) is 0.283. The van der Waals surface area contributed by atoms with E-state index >= 15 is 0 Å². The SMILES string of the molecule is C=NC1(/C(C(=O)OCC)=C(\N)C(=O)OCC)C(=O)N(Cc2ccccc2)C(c2ccccc2)=C1C(N)=O. The summed E-state index contributed by atoms with van der Waals surface area (Å²) in [6.45, 7) is 6.42. The molecule has 2 amide bonds. The van der Waals surface area contributed by atoms with E-state index in [9.17, 15) is 19.2 Å². The second-order valence-electron chi connectivity index (χ2n) is 7.93. The molecule has 0 aromatic heterocycles. The zero-order chi connectivity index (χ0) is 27.2. The molecule has 0 radical (unpaired) electrons. The number of benzene rings is 2. The van der Waals surface area contributed by atoms with Crippen LogP contribution in [-0.2, 0) is 35.2 Å². The van der Waals surface area contributed by atoms with Crippen LogP contribution in [0.4, 0.5) is 0 Å². The molecule has 3 rings (SSSR count). The van der Waals surface area contributed by atoms with Gasteiger partial charge in [0.2, 0.25) is 11.4 Å². The average molecular weight is 505 g/mol. The normalized spacial score (nSPS) is 17.8. The third kappa shape index (κ3) is 4.86. The van der Waals surface area contributed by atoms with Crippen molar-refractivity contribution < 1.29 is 28.7 Å². The molecule has 2 aromatic rings. The van der Waals surface area contributed by atoms with E-state index in [-0.39, 0.29) is 31.0 Å². The Morgan fingerprint density at radius 2 is 1.46 bits per heavy atom. The van der Waals surface area contributed by atoms with Gasteiger partial charge in [0.1, 0.15) is 11.3 Å². The van der Waals surface area contributed by atoms with Crippen molar-refractivity contribution in [3.05, 3.63) is 88.6 Å². The van der Waals surface area contributed by atoms with Gasteiger partial charge in [0.15, 0.2) is 0 Å². The molecule has 0 fully saturated rings. The number of carbonyl (C=O) groups is 4. The number of rotatable bonds is 10. The largest absolute Gasteiger partial charge is 0.462 e. The van der Waals surface area contributed by atoms with Crippen LogP contribution in [0.3, 0.4) is 0 Å². The van der Waals surface area contributed by atoms with Crippen molar-refractivity contribution in [3.8, 4) is 0 Å². The Kier molecular flexibility index (Phi) is 8.23. The van der Waals surface area contributed by atoms with Gasteiger partial charge < -0.3 is 25.8 Å². The van der Waals surface area contributed by atoms with Crippen molar-refractivity contribution in [2.75, 3.05) is 13.2 Å². The van der Waals surface area contributed by atoms with E-state index < -0.39 is 40.6 Å². The van der Waals surface area contributed by atoms with Crippen molar-refractivity contribution in [2.24, 2.45) is 16.5 Å². The molecular formula is C27H28N4O6. The van der Waals surface area contributed by atoms with Gasteiger partial charge in [-0.25, -0.2) is 9.59 Å². The van der Waals surface area contributed by atoms with Crippen LogP contribution in [-0.4, -0.2) is 54.1 Å². The zero-order valence-electron chi connectivity index (χ0n) is 20.6. The minimum absolute atomic E-state index is 0.00658. The summed E-state index contributed by atoms with van der Waals surface area (Å²) < 4.78 is 10.1. The summed E-state index contributed by atoms with van der Waals surface area (Å²) in [5.41, 5.74) is 8.95. The molecule has 192 valence electrons. The van der Waals surface area contributed by atoms with Crippen LogP contribution in [0, 0.1) is 0 Å². The van der Waals surface area contributed by atoms with Gasteiger partial charge in [0, 0.05) is 0 Å². The van der Waals surface area contributed by atoms with Gasteiger partial charge in [-0.15, -0.1) is 0 Å². The number of esters is 2. The number of nitrogens with zero attached hydrogens (tertiary/aromatic N) is 2. The summed E-state index contributed by atoms with van der Waals surface area (Å²) in [6.07, 6.45) is 0. The molecule has 0 aliphatic carbocycles. The molecule has 4 N–H and O–H groups in total. The molecule has 1 aliphatic heterocycles. The number of carbonyl (C=O) groups excluding carboxylic acids is 4. The Morgan fingerprint density at radius 3 is 1.97 bits per heavy atom. The van der Waals surface area contributed by atoms with Gasteiger partial charge >= 0.3 is 11.9 Å². The van der Waals surface area contributed by atoms with E-state index in [0.29, 0.717) is 11.1 Å². The van der Waals surface area contributed by atoms with Gasteiger partial charge in [-0.05, 0) is 31.7 Å². The molecule has 37 heavy (non-hydrogen) atoms. The number of aliphatic imine (C=N–C) groups is 1. The van der Waals surface area contributed by atoms with Crippen LogP contribution in [0.25, 0.3) is 5.70 Å². The number of ether oxygens (including phenoxy) is 2. The number of amides is 2. The van der Waals surface area contributed by atoms with E-state index in [1.54, 1.807) is 61.5 Å². The smallest absolute Gasteiger partial charge is 0.354 e. The third-order valence-corrected chi connectivity index (χ3v) is 5.74. The summed E-state index contributed by atoms with van der Waals surface area (Å²) in [5.74, 6) is -4.14. The zero-order valence-corrected chi connectivity index (χ0v) is 20.6. The van der Waals surface area contributed by atoms with E-state index in [0.717, 1.165) is 0 Å². The lowest BCUT2D eigenvalue weighted by atomic mass is 9.80. The lowest BCUT2D eigenvalue weighted by Gasteiger charge is -2.28. The van der Waals surface area contributed by atoms with E-state index in [4.69, 9.17) is 20.9 Å². The molecule has 1 unspecified atom stereocenters. The maximum absolute atomic E-state index is 14.3. The molecule has 1 atom stereocenters. The Labute approximate surface area is 214 Å². The topological polar surface area (TPSA) is 154 Å². The van der Waals surface area contributed by atoms with E-state index in [1.165, 1.54) is 11.8 Å². The fourth-order valence-electron chi connectivity index (χ4n) is 4.24. The fourth-order valence-corrected chi connectivity index (χ4v) is 4.24. The summed E-state index contributed by atoms with van der Waals surface area (Å²) in [7, 11) is 0. The van der Waals surface area contributed by atoms with Gasteiger partial charge in [0.25, 0.3) is 5.91 Å². The van der Waals surface area contributed by atoms with Crippen molar-refractivity contribution in [3.63, 3.8) is 0 Å². The molecule has 1 aliphatic rings. The molecule has 0 saturated heterocycles. The van der Waals surface area contributed by atoms with Gasteiger partial charge in [-0.1, -0.05) is 60.7 Å². The number of nitrogens with two attached hydrogens (primary N) is 2. The Bertz CT molecular complexity index is 1290. The second-order valence-corrected chi connectivity index (χ2v) is 7.93. The highest BCUT2D eigenvalue weighted by molar-refractivity contribution is 6.23. The third-order valence-electron chi connectivity index (χ3n) is 5.74. The Morgan fingerprint density at radius 1 is 0.919 bits per heavy atom. The van der Waals surface area contributed by atoms with Crippen molar-refractivity contribution in [1.82, 2.24) is 4.90 Å². The molecule has 1 heterocycles. The first-order valence-electron chi connectivity index (χ1n) is 11.5. The van der Waals surface area contributed by atoms with Crippen LogP contribution < -0.4 is 11.5 Å². The highest BCUT2D eigenvalue weighted by atomic mass is 16.5. The highest BCUT2D eigenvalue weighted by Gasteiger charge is 2.60. The molecule has 10 heteroatoms. The molecular weight excluding hydrogens is 476 g/mol. The van der Waals surface area contributed by atoms with Crippen LogP contribution >= 0.6 is 0 Å². The van der Waals surface area contributed by atoms with E-state index in [1.807, 2.05) is 6.07 Å². The second kappa shape index (κ2) is 11.3. The Hall–Kier alpha value is -4.73. The van der Waals surface area contributed by atoms with Crippen LogP contribution in [0.2, 0.25) is 0 Å². The molecule has 0 spiro atoms. The monoisotopic (exact) mass is 504 g/mol. The predicted molar refractivity (Wildman–Crippen MR) is 136 cm³/mol. The first-order valence-corrected chi connectivity index (χ1v) is 11.5. The summed E-state index contributed by atoms with van der Waals surface area (Å²) in [6, 6.07) is 17.5. The molecule has 10 nitrogen and oxygen atoms in total. The lowest BCUT2D eigenvalue weighted by molar-refractivity contribution is -0.143. The van der Waals surface area contributed by atoms with Crippen LogP contribution in [0.5, 0.6) is 0 Å². The lowest BCUT2D eigenvalue weighted by Crippen LogP contribution is -2.49. The van der Waals surface area contributed by atoms with Crippen molar-refractivity contribution in [1.29, 1.82) is 0 Å². The van der Waals surface area contributed by atoms with Gasteiger partial charge in [-0.3, -0.25) is 14.6 Å². The molecule has 2 aromatic carbocycles.